The summed E-state index contributed by atoms with van der Waals surface area (Å²) in [5, 5.41) is 1.01. The molecular formula is C16H19NO2S. The van der Waals surface area contributed by atoms with E-state index in [1.54, 1.807) is 11.3 Å². The van der Waals surface area contributed by atoms with Crippen LogP contribution in [-0.2, 0) is 11.2 Å². The first kappa shape index (κ1) is 13.4. The van der Waals surface area contributed by atoms with E-state index in [4.69, 9.17) is 4.74 Å². The van der Waals surface area contributed by atoms with Crippen molar-refractivity contribution in [1.82, 2.24) is 4.57 Å². The molecule has 3 nitrogen and oxygen atoms in total. The molecule has 0 amide bonds. The fourth-order valence-corrected chi connectivity index (χ4v) is 4.37. The lowest BCUT2D eigenvalue weighted by Gasteiger charge is -2.19. The maximum Gasteiger partial charge on any atom is 0.341 e. The summed E-state index contributed by atoms with van der Waals surface area (Å²) < 4.78 is 7.32. The van der Waals surface area contributed by atoms with Crippen molar-refractivity contribution in [1.29, 1.82) is 0 Å². The molecule has 0 bridgehead atoms. The second-order valence-corrected chi connectivity index (χ2v) is 6.31. The highest BCUT2D eigenvalue weighted by molar-refractivity contribution is 7.15. The first-order valence-electron chi connectivity index (χ1n) is 7.18. The Labute approximate surface area is 123 Å². The molecule has 1 aliphatic carbocycles. The van der Waals surface area contributed by atoms with Crippen molar-refractivity contribution in [2.75, 3.05) is 6.61 Å². The average molecular weight is 289 g/mol. The second kappa shape index (κ2) is 5.44. The second-order valence-electron chi connectivity index (χ2n) is 5.22. The van der Waals surface area contributed by atoms with Gasteiger partial charge in [-0.2, -0.15) is 0 Å². The van der Waals surface area contributed by atoms with E-state index in [2.05, 4.69) is 6.92 Å². The Morgan fingerprint density at radius 1 is 1.45 bits per heavy atom. The summed E-state index contributed by atoms with van der Waals surface area (Å²) >= 11 is 1.74. The molecule has 20 heavy (non-hydrogen) atoms. The number of aromatic nitrogens is 1. The van der Waals surface area contributed by atoms with Crippen molar-refractivity contribution < 1.29 is 9.53 Å². The van der Waals surface area contributed by atoms with Crippen LogP contribution in [0.5, 0.6) is 0 Å². The Kier molecular flexibility index (Phi) is 3.66. The van der Waals surface area contributed by atoms with E-state index < -0.39 is 0 Å². The van der Waals surface area contributed by atoms with Crippen LogP contribution in [0.3, 0.4) is 0 Å². The zero-order valence-electron chi connectivity index (χ0n) is 11.9. The number of fused-ring (bicyclic) bond motifs is 1. The fraction of sp³-hybridized carbons (Fsp3) is 0.438. The molecule has 0 radical (unpaired) electrons. The standard InChI is InChI=1S/C16H19NO2S/c1-3-19-16(18)14-13-11(2)7-6-8-12(13)20-15(14)17-9-4-5-10-17/h4-5,9-11H,3,6-8H2,1-2H3. The first-order valence-corrected chi connectivity index (χ1v) is 8.00. The molecule has 106 valence electrons. The Bertz CT molecular complexity index is 613. The highest BCUT2D eigenvalue weighted by Crippen LogP contribution is 2.42. The summed E-state index contributed by atoms with van der Waals surface area (Å²) in [7, 11) is 0. The van der Waals surface area contributed by atoms with E-state index in [9.17, 15) is 4.79 Å². The first-order chi connectivity index (χ1) is 9.72. The van der Waals surface area contributed by atoms with Crippen LogP contribution in [0.25, 0.3) is 5.00 Å². The molecule has 1 atom stereocenters. The van der Waals surface area contributed by atoms with Crippen LogP contribution in [0.15, 0.2) is 24.5 Å². The summed E-state index contributed by atoms with van der Waals surface area (Å²) in [5.41, 5.74) is 2.01. The largest absolute Gasteiger partial charge is 0.462 e. The van der Waals surface area contributed by atoms with Crippen molar-refractivity contribution >= 4 is 17.3 Å². The molecule has 0 aliphatic heterocycles. The van der Waals surface area contributed by atoms with Crippen molar-refractivity contribution in [3.8, 4) is 5.00 Å². The molecule has 3 rings (SSSR count). The van der Waals surface area contributed by atoms with E-state index in [1.807, 2.05) is 36.0 Å². The van der Waals surface area contributed by atoms with Crippen molar-refractivity contribution in [3.05, 3.63) is 40.5 Å². The summed E-state index contributed by atoms with van der Waals surface area (Å²) in [5.74, 6) is 0.265. The van der Waals surface area contributed by atoms with E-state index >= 15 is 0 Å². The summed E-state index contributed by atoms with van der Waals surface area (Å²) in [6.45, 7) is 4.49. The van der Waals surface area contributed by atoms with Gasteiger partial charge < -0.3 is 9.30 Å². The van der Waals surface area contributed by atoms with Crippen LogP contribution >= 0.6 is 11.3 Å². The smallest absolute Gasteiger partial charge is 0.341 e. The quantitative estimate of drug-likeness (QED) is 0.795. The van der Waals surface area contributed by atoms with Gasteiger partial charge in [-0.3, -0.25) is 0 Å². The highest BCUT2D eigenvalue weighted by atomic mass is 32.1. The maximum absolute atomic E-state index is 12.4. The molecule has 0 saturated carbocycles. The SMILES string of the molecule is CCOC(=O)c1c(-n2cccc2)sc2c1C(C)CCC2. The average Bonchev–Trinajstić information content (AvgIpc) is 3.06. The van der Waals surface area contributed by atoms with Crippen LogP contribution in [0, 0.1) is 0 Å². The van der Waals surface area contributed by atoms with Gasteiger partial charge in [0.2, 0.25) is 0 Å². The zero-order chi connectivity index (χ0) is 14.1. The van der Waals surface area contributed by atoms with Crippen LogP contribution in [0.1, 0.15) is 53.4 Å². The Morgan fingerprint density at radius 3 is 2.90 bits per heavy atom. The van der Waals surface area contributed by atoms with Crippen LogP contribution in [0.2, 0.25) is 0 Å². The molecule has 1 unspecified atom stereocenters. The summed E-state index contributed by atoms with van der Waals surface area (Å²) in [4.78, 5) is 13.8. The predicted molar refractivity (Wildman–Crippen MR) is 81.0 cm³/mol. The molecule has 0 fully saturated rings. The predicted octanol–water partition coefficient (Wildman–Crippen LogP) is 4.16. The minimum absolute atomic E-state index is 0.178. The number of nitrogens with zero attached hydrogens (tertiary/aromatic N) is 1. The van der Waals surface area contributed by atoms with Gasteiger partial charge in [-0.25, -0.2) is 4.79 Å². The van der Waals surface area contributed by atoms with Gasteiger partial charge in [-0.1, -0.05) is 6.92 Å². The lowest BCUT2D eigenvalue weighted by Crippen LogP contribution is -2.13. The number of hydrogen-bond acceptors (Lipinski definition) is 3. The Hall–Kier alpha value is -1.55. The van der Waals surface area contributed by atoms with Gasteiger partial charge in [0.05, 0.1) is 12.2 Å². The molecule has 2 aromatic heterocycles. The molecule has 0 spiro atoms. The molecule has 0 N–H and O–H groups in total. The van der Waals surface area contributed by atoms with Gasteiger partial charge in [-0.05, 0) is 49.8 Å². The lowest BCUT2D eigenvalue weighted by molar-refractivity contribution is 0.0525. The molecule has 4 heteroatoms. The number of aryl methyl sites for hydroxylation is 1. The van der Waals surface area contributed by atoms with Crippen molar-refractivity contribution in [2.24, 2.45) is 0 Å². The molecule has 2 aromatic rings. The number of thiophene rings is 1. The number of rotatable bonds is 3. The van der Waals surface area contributed by atoms with Crippen LogP contribution in [-0.4, -0.2) is 17.1 Å². The molecule has 0 saturated heterocycles. The van der Waals surface area contributed by atoms with E-state index in [1.165, 1.54) is 16.9 Å². The van der Waals surface area contributed by atoms with Crippen LogP contribution in [0.4, 0.5) is 0 Å². The van der Waals surface area contributed by atoms with Crippen molar-refractivity contribution in [3.63, 3.8) is 0 Å². The van der Waals surface area contributed by atoms with E-state index in [0.29, 0.717) is 12.5 Å². The van der Waals surface area contributed by atoms with E-state index in [-0.39, 0.29) is 5.97 Å². The van der Waals surface area contributed by atoms with Gasteiger partial charge in [0.1, 0.15) is 5.00 Å². The van der Waals surface area contributed by atoms with Gasteiger partial charge in [0.25, 0.3) is 0 Å². The Balaban J connectivity index is 2.17. The number of carbonyl (C=O) groups is 1. The maximum atomic E-state index is 12.4. The Morgan fingerprint density at radius 2 is 2.20 bits per heavy atom. The number of hydrogen-bond donors (Lipinski definition) is 0. The number of ether oxygens (including phenoxy) is 1. The molecule has 1 aliphatic rings. The summed E-state index contributed by atoms with van der Waals surface area (Å²) in [6.07, 6.45) is 7.43. The molecular weight excluding hydrogens is 270 g/mol. The third-order valence-corrected chi connectivity index (χ3v) is 5.13. The fourth-order valence-electron chi connectivity index (χ4n) is 2.95. The minimum atomic E-state index is -0.178. The lowest BCUT2D eigenvalue weighted by atomic mass is 9.86. The van der Waals surface area contributed by atoms with Gasteiger partial charge >= 0.3 is 5.97 Å². The summed E-state index contributed by atoms with van der Waals surface area (Å²) in [6, 6.07) is 3.97. The molecule has 2 heterocycles. The normalized spacial score (nSPS) is 17.8. The third kappa shape index (κ3) is 2.18. The number of carbonyl (C=O) groups excluding carboxylic acids is 1. The van der Waals surface area contributed by atoms with Gasteiger partial charge in [0.15, 0.2) is 0 Å². The minimum Gasteiger partial charge on any atom is -0.462 e. The monoisotopic (exact) mass is 289 g/mol. The molecule has 0 aromatic carbocycles. The number of esters is 1. The van der Waals surface area contributed by atoms with E-state index in [0.717, 1.165) is 23.4 Å². The van der Waals surface area contributed by atoms with Gasteiger partial charge in [-0.15, -0.1) is 11.3 Å². The highest BCUT2D eigenvalue weighted by Gasteiger charge is 2.30. The van der Waals surface area contributed by atoms with Crippen molar-refractivity contribution in [2.45, 2.75) is 39.0 Å². The topological polar surface area (TPSA) is 31.2 Å². The third-order valence-electron chi connectivity index (χ3n) is 3.86. The van der Waals surface area contributed by atoms with Crippen LogP contribution < -0.4 is 0 Å². The van der Waals surface area contributed by atoms with Gasteiger partial charge in [0, 0.05) is 17.3 Å². The zero-order valence-corrected chi connectivity index (χ0v) is 12.7.